The Morgan fingerprint density at radius 2 is 1.69 bits per heavy atom. The van der Waals surface area contributed by atoms with Crippen molar-refractivity contribution < 1.29 is 17.8 Å². The average Bonchev–Trinajstić information content (AvgIpc) is 3.05. The number of amidine groups is 1. The van der Waals surface area contributed by atoms with E-state index in [0.29, 0.717) is 27.7 Å². The summed E-state index contributed by atoms with van der Waals surface area (Å²) in [4.78, 5) is 12.0. The fourth-order valence-electron chi connectivity index (χ4n) is 6.81. The van der Waals surface area contributed by atoms with Gasteiger partial charge in [-0.05, 0) is 60.2 Å². The molecule has 0 aromatic heterocycles. The van der Waals surface area contributed by atoms with E-state index in [1.165, 1.54) is 19.3 Å². The molecular formula is C21H36N2O4S2. The molecule has 6 nitrogen and oxygen atoms in total. The Hall–Kier alpha value is -0.600. The van der Waals surface area contributed by atoms with Crippen molar-refractivity contribution in [1.29, 1.82) is 5.41 Å². The maximum Gasteiger partial charge on any atom is 0.275 e. The van der Waals surface area contributed by atoms with E-state index in [9.17, 15) is 13.2 Å². The summed E-state index contributed by atoms with van der Waals surface area (Å²) in [5, 5.41) is 7.08. The maximum atomic E-state index is 12.0. The first-order valence-electron chi connectivity index (χ1n) is 10.5. The lowest BCUT2D eigenvalue weighted by Gasteiger charge is -2.38. The number of rotatable bonds is 2. The van der Waals surface area contributed by atoms with Gasteiger partial charge in [0.1, 0.15) is 5.25 Å². The van der Waals surface area contributed by atoms with Crippen molar-refractivity contribution in [3.63, 3.8) is 0 Å². The second kappa shape index (κ2) is 6.70. The molecule has 0 aliphatic heterocycles. The first kappa shape index (κ1) is 23.1. The Morgan fingerprint density at radius 3 is 2.00 bits per heavy atom. The van der Waals surface area contributed by atoms with Gasteiger partial charge in [0.05, 0.1) is 0 Å². The van der Waals surface area contributed by atoms with Crippen molar-refractivity contribution in [2.75, 3.05) is 0 Å². The maximum absolute atomic E-state index is 12.0. The molecule has 166 valence electrons. The monoisotopic (exact) mass is 444 g/mol. The number of nitrogens with two attached hydrogens (primary N) is 1. The zero-order chi connectivity index (χ0) is 22.2. The van der Waals surface area contributed by atoms with Crippen LogP contribution in [0.2, 0.25) is 0 Å². The number of hydrogen-bond donors (Lipinski definition) is 3. The summed E-state index contributed by atoms with van der Waals surface area (Å²) in [5.74, 6) is 0.320. The van der Waals surface area contributed by atoms with Gasteiger partial charge in [-0.25, -0.2) is 0 Å². The molecule has 4 N–H and O–H groups in total. The molecule has 0 aromatic rings. The van der Waals surface area contributed by atoms with E-state index in [1.807, 2.05) is 20.8 Å². The molecule has 4 rings (SSSR count). The highest BCUT2D eigenvalue weighted by molar-refractivity contribution is 8.14. The van der Waals surface area contributed by atoms with E-state index in [-0.39, 0.29) is 17.1 Å². The van der Waals surface area contributed by atoms with Crippen molar-refractivity contribution >= 4 is 32.8 Å². The number of ketones is 1. The Balaban J connectivity index is 0.000000166. The van der Waals surface area contributed by atoms with Gasteiger partial charge in [0.25, 0.3) is 10.1 Å². The third-order valence-corrected chi connectivity index (χ3v) is 12.2. The molecule has 0 heterocycles. The highest BCUT2D eigenvalue weighted by Gasteiger charge is 2.69. The second-order valence-corrected chi connectivity index (χ2v) is 13.9. The highest BCUT2D eigenvalue weighted by atomic mass is 32.2. The summed E-state index contributed by atoms with van der Waals surface area (Å²) in [6, 6.07) is 0. The van der Waals surface area contributed by atoms with Crippen LogP contribution in [0.25, 0.3) is 0 Å². The van der Waals surface area contributed by atoms with Gasteiger partial charge < -0.3 is 5.73 Å². The lowest BCUT2D eigenvalue weighted by atomic mass is 9.70. The molecule has 4 aliphatic rings. The zero-order valence-electron chi connectivity index (χ0n) is 18.4. The van der Waals surface area contributed by atoms with Gasteiger partial charge in [-0.15, -0.1) is 0 Å². The van der Waals surface area contributed by atoms with Crippen molar-refractivity contribution in [2.45, 2.75) is 84.1 Å². The second-order valence-electron chi connectivity index (χ2n) is 11.1. The van der Waals surface area contributed by atoms with Gasteiger partial charge in [-0.2, -0.15) is 8.42 Å². The number of Topliss-reactive ketones (excluding diaryl/α,β-unsaturated/α-hetero) is 1. The molecule has 0 spiro atoms. The summed E-state index contributed by atoms with van der Waals surface area (Å²) >= 11 is 1.59. The minimum absolute atomic E-state index is 0.231. The summed E-state index contributed by atoms with van der Waals surface area (Å²) in [6.07, 6.45) is 5.39. The topological polar surface area (TPSA) is 121 Å². The van der Waals surface area contributed by atoms with E-state index >= 15 is 0 Å². The summed E-state index contributed by atoms with van der Waals surface area (Å²) < 4.78 is 31.5. The number of nitrogens with one attached hydrogen (secondary N) is 1. The highest BCUT2D eigenvalue weighted by Crippen LogP contribution is 2.68. The molecule has 4 bridgehead atoms. The standard InChI is InChI=1S/C11H20N2S.C10H16O4S/c1-10(2)7-4-5-11(10,3)8(6-7)14-9(12)13;1-9(2)6-4-5-10(9,3)8(11)7(6)15(12,13)14/h7-8H,4-6H2,1-3H3,(H3,12,13);6-7H,4-5H2,1-3H3,(H,12,13,14). The van der Waals surface area contributed by atoms with Gasteiger partial charge in [0.2, 0.25) is 0 Å². The van der Waals surface area contributed by atoms with Crippen LogP contribution in [0.3, 0.4) is 0 Å². The number of hydrogen-bond acceptors (Lipinski definition) is 5. The van der Waals surface area contributed by atoms with Crippen LogP contribution < -0.4 is 5.73 Å². The molecule has 29 heavy (non-hydrogen) atoms. The van der Waals surface area contributed by atoms with E-state index in [1.54, 1.807) is 11.8 Å². The summed E-state index contributed by atoms with van der Waals surface area (Å²) in [6.45, 7) is 12.8. The summed E-state index contributed by atoms with van der Waals surface area (Å²) in [7, 11) is -4.24. The van der Waals surface area contributed by atoms with Gasteiger partial charge in [0.15, 0.2) is 11.0 Å². The van der Waals surface area contributed by atoms with Crippen LogP contribution in [0.15, 0.2) is 0 Å². The number of thioether (sulfide) groups is 1. The lowest BCUT2D eigenvalue weighted by molar-refractivity contribution is -0.128. The number of fused-ring (bicyclic) bond motifs is 4. The Bertz CT molecular complexity index is 838. The molecule has 0 saturated heterocycles. The van der Waals surface area contributed by atoms with E-state index in [4.69, 9.17) is 15.7 Å². The van der Waals surface area contributed by atoms with Crippen molar-refractivity contribution in [3.05, 3.63) is 0 Å². The molecule has 8 heteroatoms. The predicted molar refractivity (Wildman–Crippen MR) is 117 cm³/mol. The van der Waals surface area contributed by atoms with Crippen LogP contribution in [0.5, 0.6) is 0 Å². The Kier molecular flexibility index (Phi) is 5.33. The zero-order valence-corrected chi connectivity index (χ0v) is 20.0. The molecule has 6 atom stereocenters. The average molecular weight is 445 g/mol. The van der Waals surface area contributed by atoms with Crippen LogP contribution in [-0.4, -0.2) is 34.4 Å². The van der Waals surface area contributed by atoms with Gasteiger partial charge in [-0.3, -0.25) is 14.8 Å². The normalized spacial score (nSPS) is 43.9. The molecule has 4 aliphatic carbocycles. The number of carbonyl (C=O) groups is 1. The van der Waals surface area contributed by atoms with Crippen LogP contribution in [-0.2, 0) is 14.9 Å². The molecular weight excluding hydrogens is 408 g/mol. The Morgan fingerprint density at radius 1 is 1.10 bits per heavy atom. The van der Waals surface area contributed by atoms with E-state index in [0.717, 1.165) is 12.3 Å². The van der Waals surface area contributed by atoms with Crippen molar-refractivity contribution in [1.82, 2.24) is 0 Å². The summed E-state index contributed by atoms with van der Waals surface area (Å²) in [5.41, 5.74) is 5.43. The minimum atomic E-state index is -4.24. The molecule has 0 aromatic carbocycles. The molecule has 4 fully saturated rings. The first-order chi connectivity index (χ1) is 13.0. The van der Waals surface area contributed by atoms with Gasteiger partial charge in [0, 0.05) is 10.7 Å². The smallest absolute Gasteiger partial charge is 0.275 e. The van der Waals surface area contributed by atoms with Crippen LogP contribution in [0.4, 0.5) is 0 Å². The minimum Gasteiger partial charge on any atom is -0.379 e. The first-order valence-corrected chi connectivity index (χ1v) is 12.9. The quantitative estimate of drug-likeness (QED) is 0.335. The third kappa shape index (κ3) is 3.11. The number of carbonyl (C=O) groups excluding carboxylic acids is 1. The molecule has 0 radical (unpaired) electrons. The lowest BCUT2D eigenvalue weighted by Crippen LogP contribution is -2.38. The molecule has 6 unspecified atom stereocenters. The van der Waals surface area contributed by atoms with Crippen LogP contribution >= 0.6 is 11.8 Å². The van der Waals surface area contributed by atoms with Crippen molar-refractivity contribution in [2.24, 2.45) is 39.2 Å². The SMILES string of the molecule is CC1(C)C2CCC1(C)C(SC(=N)N)C2.CC12CCC(C(S(=O)(=O)O)C1=O)C2(C)C. The van der Waals surface area contributed by atoms with E-state index in [2.05, 4.69) is 20.8 Å². The predicted octanol–water partition coefficient (Wildman–Crippen LogP) is 4.10. The van der Waals surface area contributed by atoms with Gasteiger partial charge in [-0.1, -0.05) is 53.3 Å². The Labute approximate surface area is 179 Å². The van der Waals surface area contributed by atoms with Gasteiger partial charge >= 0.3 is 0 Å². The third-order valence-electron chi connectivity index (χ3n) is 9.78. The van der Waals surface area contributed by atoms with E-state index < -0.39 is 20.8 Å². The fraction of sp³-hybridized carbons (Fsp3) is 0.905. The molecule has 0 amide bonds. The largest absolute Gasteiger partial charge is 0.379 e. The van der Waals surface area contributed by atoms with Crippen LogP contribution in [0, 0.1) is 38.9 Å². The van der Waals surface area contributed by atoms with Crippen molar-refractivity contribution in [3.8, 4) is 0 Å². The fourth-order valence-corrected chi connectivity index (χ4v) is 9.55. The van der Waals surface area contributed by atoms with Crippen LogP contribution in [0.1, 0.15) is 73.6 Å². The molecule has 4 saturated carbocycles.